The minimum atomic E-state index is 0.840. The first-order chi connectivity index (χ1) is 7.74. The zero-order valence-electron chi connectivity index (χ0n) is 9.53. The number of anilines is 1. The Balaban J connectivity index is 2.50. The molecule has 1 aliphatic heterocycles. The third kappa shape index (κ3) is 1.00. The second-order valence-corrected chi connectivity index (χ2v) is 4.36. The number of hydrogen-bond acceptors (Lipinski definition) is 2. The molecule has 1 aromatic heterocycles. The number of likely N-dealkylation sites (N-methyl/N-ethyl adjacent to an activating group) is 1. The van der Waals surface area contributed by atoms with Crippen molar-refractivity contribution in [2.45, 2.75) is 13.5 Å². The van der Waals surface area contributed by atoms with Gasteiger partial charge in [0.2, 0.25) is 0 Å². The molecule has 2 heterocycles. The van der Waals surface area contributed by atoms with Gasteiger partial charge < -0.3 is 9.47 Å². The predicted molar refractivity (Wildman–Crippen MR) is 65.3 cm³/mol. The zero-order chi connectivity index (χ0) is 11.3. The van der Waals surface area contributed by atoms with Gasteiger partial charge >= 0.3 is 0 Å². The van der Waals surface area contributed by atoms with Crippen molar-refractivity contribution in [1.82, 2.24) is 4.57 Å². The summed E-state index contributed by atoms with van der Waals surface area (Å²) in [4.78, 5) is 13.4. The molecule has 0 atom stereocenters. The summed E-state index contributed by atoms with van der Waals surface area (Å²) in [5.41, 5.74) is 4.36. The normalized spacial score (nSPS) is 14.5. The molecule has 3 heteroatoms. The summed E-state index contributed by atoms with van der Waals surface area (Å²) < 4.78 is 2.26. The quantitative estimate of drug-likeness (QED) is 0.680. The summed E-state index contributed by atoms with van der Waals surface area (Å²) in [6.07, 6.45) is 0.975. The van der Waals surface area contributed by atoms with Crippen LogP contribution in [0.1, 0.15) is 16.1 Å². The molecule has 3 nitrogen and oxygen atoms in total. The second-order valence-electron chi connectivity index (χ2n) is 4.36. The summed E-state index contributed by atoms with van der Waals surface area (Å²) in [5, 5.41) is 1.08. The third-order valence-electron chi connectivity index (χ3n) is 3.56. The monoisotopic (exact) mass is 214 g/mol. The molecular formula is C13H14N2O. The molecule has 2 aromatic rings. The molecule has 0 aliphatic carbocycles. The minimum absolute atomic E-state index is 0.840. The second kappa shape index (κ2) is 3.11. The van der Waals surface area contributed by atoms with E-state index in [1.54, 1.807) is 0 Å². The average molecular weight is 214 g/mol. The molecule has 0 amide bonds. The Bertz CT molecular complexity index is 583. The Morgan fingerprint density at radius 2 is 2.12 bits per heavy atom. The van der Waals surface area contributed by atoms with Crippen molar-refractivity contribution in [2.75, 3.05) is 18.5 Å². The van der Waals surface area contributed by atoms with Gasteiger partial charge in [-0.2, -0.15) is 0 Å². The van der Waals surface area contributed by atoms with Crippen LogP contribution in [-0.2, 0) is 6.54 Å². The molecule has 0 bridgehead atoms. The molecule has 16 heavy (non-hydrogen) atoms. The van der Waals surface area contributed by atoms with Crippen LogP contribution in [0.3, 0.4) is 0 Å². The van der Waals surface area contributed by atoms with Crippen LogP contribution in [0.2, 0.25) is 0 Å². The van der Waals surface area contributed by atoms with Crippen molar-refractivity contribution in [3.8, 4) is 0 Å². The minimum Gasteiger partial charge on any atom is -0.371 e. The number of aldehydes is 1. The van der Waals surface area contributed by atoms with Crippen molar-refractivity contribution in [2.24, 2.45) is 0 Å². The first kappa shape index (κ1) is 9.46. The van der Waals surface area contributed by atoms with Crippen molar-refractivity contribution in [3.05, 3.63) is 29.5 Å². The van der Waals surface area contributed by atoms with Crippen molar-refractivity contribution < 1.29 is 4.79 Å². The van der Waals surface area contributed by atoms with E-state index in [0.717, 1.165) is 36.0 Å². The summed E-state index contributed by atoms with van der Waals surface area (Å²) in [6.45, 7) is 3.99. The van der Waals surface area contributed by atoms with E-state index in [1.165, 1.54) is 11.2 Å². The summed E-state index contributed by atoms with van der Waals surface area (Å²) in [5.74, 6) is 0. The lowest BCUT2D eigenvalue weighted by atomic mass is 10.1. The molecular weight excluding hydrogens is 200 g/mol. The lowest BCUT2D eigenvalue weighted by Gasteiger charge is -2.27. The van der Waals surface area contributed by atoms with E-state index in [-0.39, 0.29) is 0 Å². The maximum absolute atomic E-state index is 11.2. The highest BCUT2D eigenvalue weighted by Gasteiger charge is 2.21. The van der Waals surface area contributed by atoms with E-state index < -0.39 is 0 Å². The number of hydrogen-bond donors (Lipinski definition) is 0. The highest BCUT2D eigenvalue weighted by molar-refractivity contribution is 6.04. The van der Waals surface area contributed by atoms with Gasteiger partial charge in [0.15, 0.2) is 6.29 Å². The molecule has 0 N–H and O–H groups in total. The molecule has 0 spiro atoms. The predicted octanol–water partition coefficient (Wildman–Crippen LogP) is 2.21. The molecule has 1 aromatic carbocycles. The van der Waals surface area contributed by atoms with Crippen molar-refractivity contribution >= 4 is 22.9 Å². The van der Waals surface area contributed by atoms with Gasteiger partial charge in [-0.05, 0) is 13.0 Å². The van der Waals surface area contributed by atoms with Gasteiger partial charge in [-0.3, -0.25) is 4.79 Å². The smallest absolute Gasteiger partial charge is 0.152 e. The lowest BCUT2D eigenvalue weighted by molar-refractivity contribution is 0.112. The third-order valence-corrected chi connectivity index (χ3v) is 3.56. The number of carbonyl (C=O) groups excluding carboxylic acids is 1. The van der Waals surface area contributed by atoms with Gasteiger partial charge in [-0.1, -0.05) is 12.1 Å². The topological polar surface area (TPSA) is 25.2 Å². The zero-order valence-corrected chi connectivity index (χ0v) is 9.53. The van der Waals surface area contributed by atoms with E-state index in [9.17, 15) is 4.79 Å². The Labute approximate surface area is 94.3 Å². The van der Waals surface area contributed by atoms with Crippen LogP contribution < -0.4 is 4.90 Å². The fourth-order valence-corrected chi connectivity index (χ4v) is 2.65. The van der Waals surface area contributed by atoms with Gasteiger partial charge in [0.1, 0.15) is 0 Å². The fraction of sp³-hybridized carbons (Fsp3) is 0.308. The van der Waals surface area contributed by atoms with Crippen LogP contribution in [-0.4, -0.2) is 24.4 Å². The Kier molecular flexibility index (Phi) is 1.84. The van der Waals surface area contributed by atoms with Gasteiger partial charge in [0.05, 0.1) is 11.2 Å². The van der Waals surface area contributed by atoms with E-state index in [4.69, 9.17) is 0 Å². The Morgan fingerprint density at radius 3 is 2.88 bits per heavy atom. The Morgan fingerprint density at radius 1 is 1.31 bits per heavy atom. The molecule has 0 saturated carbocycles. The number of nitrogens with zero attached hydrogens (tertiary/aromatic N) is 2. The number of aromatic nitrogens is 1. The molecule has 0 saturated heterocycles. The number of carbonyl (C=O) groups is 1. The van der Waals surface area contributed by atoms with Crippen molar-refractivity contribution in [1.29, 1.82) is 0 Å². The largest absolute Gasteiger partial charge is 0.371 e. The summed E-state index contributed by atoms with van der Waals surface area (Å²) in [7, 11) is 2.10. The Hall–Kier alpha value is -1.77. The van der Waals surface area contributed by atoms with Crippen LogP contribution in [0.4, 0.5) is 5.69 Å². The lowest BCUT2D eigenvalue weighted by Crippen LogP contribution is -2.27. The standard InChI is InChI=1S/C13H14N2O/c1-9-11(8-16)10-4-3-5-12-13(10)15(9)7-6-14(12)2/h3-5,8H,6-7H2,1-2H3. The highest BCUT2D eigenvalue weighted by Crippen LogP contribution is 2.34. The first-order valence-electron chi connectivity index (χ1n) is 5.52. The molecule has 3 rings (SSSR count). The van der Waals surface area contributed by atoms with Crippen LogP contribution >= 0.6 is 0 Å². The number of para-hydroxylation sites is 1. The fourth-order valence-electron chi connectivity index (χ4n) is 2.65. The van der Waals surface area contributed by atoms with E-state index >= 15 is 0 Å². The van der Waals surface area contributed by atoms with Crippen LogP contribution in [0, 0.1) is 6.92 Å². The van der Waals surface area contributed by atoms with Crippen LogP contribution in [0.25, 0.3) is 10.9 Å². The van der Waals surface area contributed by atoms with Gasteiger partial charge in [0.25, 0.3) is 0 Å². The number of benzene rings is 1. The molecule has 82 valence electrons. The van der Waals surface area contributed by atoms with Crippen LogP contribution in [0.5, 0.6) is 0 Å². The van der Waals surface area contributed by atoms with Gasteiger partial charge in [-0.25, -0.2) is 0 Å². The summed E-state index contributed by atoms with van der Waals surface area (Å²) >= 11 is 0. The van der Waals surface area contributed by atoms with E-state index in [1.807, 2.05) is 19.1 Å². The van der Waals surface area contributed by atoms with E-state index in [0.29, 0.717) is 0 Å². The first-order valence-corrected chi connectivity index (χ1v) is 5.52. The average Bonchev–Trinajstić information content (AvgIpc) is 2.57. The van der Waals surface area contributed by atoms with Crippen molar-refractivity contribution in [3.63, 3.8) is 0 Å². The van der Waals surface area contributed by atoms with Gasteiger partial charge in [-0.15, -0.1) is 0 Å². The van der Waals surface area contributed by atoms with E-state index in [2.05, 4.69) is 22.6 Å². The molecule has 0 radical (unpaired) electrons. The maximum Gasteiger partial charge on any atom is 0.152 e. The highest BCUT2D eigenvalue weighted by atomic mass is 16.1. The number of rotatable bonds is 1. The SMILES string of the molecule is Cc1c(C=O)c2cccc3c2n1CCN3C. The maximum atomic E-state index is 11.2. The molecule has 1 aliphatic rings. The summed E-state index contributed by atoms with van der Waals surface area (Å²) in [6, 6.07) is 6.17. The molecule has 0 fully saturated rings. The van der Waals surface area contributed by atoms with Gasteiger partial charge in [0, 0.05) is 36.8 Å². The molecule has 0 unspecified atom stereocenters. The van der Waals surface area contributed by atoms with Crippen LogP contribution in [0.15, 0.2) is 18.2 Å².